The lowest BCUT2D eigenvalue weighted by Gasteiger charge is -2.14. The molecular formula is C6H13O7P. The van der Waals surface area contributed by atoms with Gasteiger partial charge in [0, 0.05) is 0 Å². The SMILES string of the molecule is CC1OC(COP(=O)(O)O)[C@@H](O)[C@H]1O. The predicted octanol–water partition coefficient (Wildman–Crippen LogP) is -1.40. The van der Waals surface area contributed by atoms with Crippen LogP contribution in [0.2, 0.25) is 0 Å². The molecule has 2 unspecified atom stereocenters. The molecule has 4 N–H and O–H groups in total. The molecule has 0 spiro atoms. The van der Waals surface area contributed by atoms with Crippen LogP contribution in [0.1, 0.15) is 6.92 Å². The van der Waals surface area contributed by atoms with Crippen LogP contribution < -0.4 is 0 Å². The fraction of sp³-hybridized carbons (Fsp3) is 1.00. The van der Waals surface area contributed by atoms with Crippen LogP contribution in [0.3, 0.4) is 0 Å². The third-order valence-electron chi connectivity index (χ3n) is 2.01. The van der Waals surface area contributed by atoms with E-state index in [4.69, 9.17) is 14.5 Å². The van der Waals surface area contributed by atoms with Gasteiger partial charge >= 0.3 is 7.82 Å². The lowest BCUT2D eigenvalue weighted by atomic mass is 10.1. The summed E-state index contributed by atoms with van der Waals surface area (Å²) in [5, 5.41) is 18.6. The molecule has 0 aromatic carbocycles. The monoisotopic (exact) mass is 228 g/mol. The topological polar surface area (TPSA) is 116 Å². The Hall–Kier alpha value is -0.0100. The van der Waals surface area contributed by atoms with E-state index in [1.165, 1.54) is 0 Å². The quantitative estimate of drug-likeness (QED) is 0.439. The van der Waals surface area contributed by atoms with Crippen LogP contribution >= 0.6 is 7.82 Å². The number of aliphatic hydroxyl groups is 2. The van der Waals surface area contributed by atoms with Crippen LogP contribution in [0, 0.1) is 0 Å². The lowest BCUT2D eigenvalue weighted by Crippen LogP contribution is -2.33. The summed E-state index contributed by atoms with van der Waals surface area (Å²) in [7, 11) is -4.56. The Bertz CT molecular complexity index is 238. The minimum absolute atomic E-state index is 0.452. The molecule has 0 radical (unpaired) electrons. The van der Waals surface area contributed by atoms with Crippen molar-refractivity contribution in [3.8, 4) is 0 Å². The molecule has 84 valence electrons. The van der Waals surface area contributed by atoms with Gasteiger partial charge in [-0.15, -0.1) is 0 Å². The zero-order valence-electron chi connectivity index (χ0n) is 7.48. The zero-order valence-corrected chi connectivity index (χ0v) is 8.37. The average Bonchev–Trinajstić information content (AvgIpc) is 2.28. The molecule has 1 heterocycles. The smallest absolute Gasteiger partial charge is 0.388 e. The van der Waals surface area contributed by atoms with Gasteiger partial charge in [0.1, 0.15) is 18.3 Å². The van der Waals surface area contributed by atoms with Gasteiger partial charge in [-0.25, -0.2) is 4.57 Å². The molecular weight excluding hydrogens is 215 g/mol. The number of hydrogen-bond acceptors (Lipinski definition) is 5. The summed E-state index contributed by atoms with van der Waals surface area (Å²) in [6.07, 6.45) is -3.72. The first-order valence-electron chi connectivity index (χ1n) is 4.03. The number of aliphatic hydroxyl groups excluding tert-OH is 2. The molecule has 0 aliphatic carbocycles. The first-order chi connectivity index (χ1) is 6.31. The van der Waals surface area contributed by atoms with Crippen molar-refractivity contribution < 1.29 is 33.8 Å². The van der Waals surface area contributed by atoms with E-state index in [-0.39, 0.29) is 0 Å². The Kier molecular flexibility index (Phi) is 3.65. The number of hydrogen-bond donors (Lipinski definition) is 4. The molecule has 0 bridgehead atoms. The Morgan fingerprint density at radius 2 is 1.93 bits per heavy atom. The van der Waals surface area contributed by atoms with Gasteiger partial charge in [-0.05, 0) is 6.92 Å². The summed E-state index contributed by atoms with van der Waals surface area (Å²) in [6, 6.07) is 0. The molecule has 14 heavy (non-hydrogen) atoms. The number of phosphoric acid groups is 1. The first kappa shape index (κ1) is 12.1. The minimum atomic E-state index is -4.56. The van der Waals surface area contributed by atoms with Gasteiger partial charge in [0.15, 0.2) is 0 Å². The summed E-state index contributed by atoms with van der Waals surface area (Å²) in [4.78, 5) is 16.8. The van der Waals surface area contributed by atoms with Gasteiger partial charge in [-0.2, -0.15) is 0 Å². The van der Waals surface area contributed by atoms with E-state index in [0.717, 1.165) is 0 Å². The van der Waals surface area contributed by atoms with Gasteiger partial charge in [-0.1, -0.05) is 0 Å². The standard InChI is InChI=1S/C6H13O7P/c1-3-5(7)6(8)4(13-3)2-12-14(9,10)11/h3-8H,2H2,1H3,(H2,9,10,11)/t3?,4?,5-,6+/m0/s1. The second-order valence-electron chi connectivity index (χ2n) is 3.15. The Morgan fingerprint density at radius 1 is 1.36 bits per heavy atom. The maximum atomic E-state index is 10.3. The summed E-state index contributed by atoms with van der Waals surface area (Å²) >= 11 is 0. The number of rotatable bonds is 3. The molecule has 1 saturated heterocycles. The van der Waals surface area contributed by atoms with Crippen molar-refractivity contribution in [2.75, 3.05) is 6.61 Å². The first-order valence-corrected chi connectivity index (χ1v) is 5.56. The second-order valence-corrected chi connectivity index (χ2v) is 4.39. The highest BCUT2D eigenvalue weighted by molar-refractivity contribution is 7.46. The molecule has 1 fully saturated rings. The molecule has 0 amide bonds. The molecule has 7 nitrogen and oxygen atoms in total. The highest BCUT2D eigenvalue weighted by Crippen LogP contribution is 2.37. The van der Waals surface area contributed by atoms with Gasteiger partial charge in [0.2, 0.25) is 0 Å². The van der Waals surface area contributed by atoms with E-state index in [2.05, 4.69) is 4.52 Å². The van der Waals surface area contributed by atoms with Crippen LogP contribution in [0.25, 0.3) is 0 Å². The van der Waals surface area contributed by atoms with Crippen LogP contribution in [-0.2, 0) is 13.8 Å². The predicted molar refractivity (Wildman–Crippen MR) is 44.3 cm³/mol. The third-order valence-corrected chi connectivity index (χ3v) is 2.49. The summed E-state index contributed by atoms with van der Waals surface area (Å²) in [5.74, 6) is 0. The van der Waals surface area contributed by atoms with Gasteiger partial charge in [0.25, 0.3) is 0 Å². The molecule has 1 aliphatic heterocycles. The molecule has 1 aliphatic rings. The fourth-order valence-electron chi connectivity index (χ4n) is 1.24. The molecule has 4 atom stereocenters. The summed E-state index contributed by atoms with van der Waals surface area (Å²) < 4.78 is 19.5. The zero-order chi connectivity index (χ0) is 10.9. The van der Waals surface area contributed by atoms with Crippen LogP contribution in [-0.4, -0.2) is 51.0 Å². The summed E-state index contributed by atoms with van der Waals surface area (Å²) in [6.45, 7) is 1.10. The van der Waals surface area contributed by atoms with E-state index in [1.807, 2.05) is 0 Å². The van der Waals surface area contributed by atoms with Crippen LogP contribution in [0.15, 0.2) is 0 Å². The fourth-order valence-corrected chi connectivity index (χ4v) is 1.58. The second kappa shape index (κ2) is 4.24. The van der Waals surface area contributed by atoms with E-state index in [9.17, 15) is 14.8 Å². The van der Waals surface area contributed by atoms with E-state index < -0.39 is 38.8 Å². The van der Waals surface area contributed by atoms with E-state index in [0.29, 0.717) is 0 Å². The van der Waals surface area contributed by atoms with Crippen molar-refractivity contribution in [3.63, 3.8) is 0 Å². The molecule has 0 aromatic heterocycles. The van der Waals surface area contributed by atoms with Gasteiger partial charge < -0.3 is 24.7 Å². The van der Waals surface area contributed by atoms with Crippen molar-refractivity contribution in [2.45, 2.75) is 31.3 Å². The Balaban J connectivity index is 2.44. The highest BCUT2D eigenvalue weighted by Gasteiger charge is 2.41. The Morgan fingerprint density at radius 3 is 2.29 bits per heavy atom. The number of phosphoric ester groups is 1. The average molecular weight is 228 g/mol. The maximum Gasteiger partial charge on any atom is 0.469 e. The van der Waals surface area contributed by atoms with Crippen molar-refractivity contribution in [2.24, 2.45) is 0 Å². The molecule has 1 rings (SSSR count). The molecule has 0 aromatic rings. The maximum absolute atomic E-state index is 10.3. The number of ether oxygens (including phenoxy) is 1. The van der Waals surface area contributed by atoms with Crippen LogP contribution in [0.4, 0.5) is 0 Å². The van der Waals surface area contributed by atoms with Crippen molar-refractivity contribution in [3.05, 3.63) is 0 Å². The Labute approximate surface area is 80.5 Å². The van der Waals surface area contributed by atoms with E-state index in [1.54, 1.807) is 6.92 Å². The van der Waals surface area contributed by atoms with Crippen LogP contribution in [0.5, 0.6) is 0 Å². The lowest BCUT2D eigenvalue weighted by molar-refractivity contribution is -0.0169. The van der Waals surface area contributed by atoms with Crippen molar-refractivity contribution in [1.82, 2.24) is 0 Å². The van der Waals surface area contributed by atoms with Crippen molar-refractivity contribution >= 4 is 7.82 Å². The normalized spacial score (nSPS) is 38.9. The van der Waals surface area contributed by atoms with Gasteiger partial charge in [-0.3, -0.25) is 4.52 Å². The third kappa shape index (κ3) is 2.99. The largest absolute Gasteiger partial charge is 0.469 e. The van der Waals surface area contributed by atoms with E-state index >= 15 is 0 Å². The van der Waals surface area contributed by atoms with Crippen molar-refractivity contribution in [1.29, 1.82) is 0 Å². The summed E-state index contributed by atoms with van der Waals surface area (Å²) in [5.41, 5.74) is 0. The molecule has 8 heteroatoms. The molecule has 0 saturated carbocycles. The van der Waals surface area contributed by atoms with Gasteiger partial charge in [0.05, 0.1) is 12.7 Å². The minimum Gasteiger partial charge on any atom is -0.388 e. The highest BCUT2D eigenvalue weighted by atomic mass is 31.2.